The zero-order chi connectivity index (χ0) is 45.6. The van der Waals surface area contributed by atoms with Gasteiger partial charge < -0.3 is 47.8 Å². The molecule has 0 unspecified atom stereocenters. The van der Waals surface area contributed by atoms with Gasteiger partial charge in [0.15, 0.2) is 0 Å². The van der Waals surface area contributed by atoms with Gasteiger partial charge in [-0.05, 0) is 47.5 Å². The first-order chi connectivity index (χ1) is 29.6. The highest BCUT2D eigenvalue weighted by Gasteiger charge is 2.35. The first-order valence-electron chi connectivity index (χ1n) is 20.2. The molecule has 0 radical (unpaired) electrons. The van der Waals surface area contributed by atoms with Crippen molar-refractivity contribution >= 4 is 59.1 Å². The van der Waals surface area contributed by atoms with E-state index in [1.165, 1.54) is 11.8 Å². The lowest BCUT2D eigenvalue weighted by molar-refractivity contribution is -0.142. The number of nitrogens with two attached hydrogens (primary N) is 1. The van der Waals surface area contributed by atoms with Gasteiger partial charge in [-0.25, -0.2) is 4.79 Å². The van der Waals surface area contributed by atoms with Gasteiger partial charge in [0.05, 0.1) is 19.0 Å². The summed E-state index contributed by atoms with van der Waals surface area (Å²) < 4.78 is 0. The third kappa shape index (κ3) is 17.4. The van der Waals surface area contributed by atoms with Crippen molar-refractivity contribution in [2.75, 3.05) is 18.6 Å². The minimum Gasteiger partial charge on any atom is -0.481 e. The first kappa shape index (κ1) is 50.1. The summed E-state index contributed by atoms with van der Waals surface area (Å²) in [4.78, 5) is 105. The lowest BCUT2D eigenvalue weighted by atomic mass is 9.96. The number of carboxylic acid groups (broad SMARTS) is 2. The van der Waals surface area contributed by atoms with Gasteiger partial charge in [-0.3, -0.25) is 33.6 Å². The van der Waals surface area contributed by atoms with Crippen LogP contribution in [0.25, 0.3) is 0 Å². The minimum absolute atomic E-state index is 0.0487. The monoisotopic (exact) mass is 875 g/mol. The van der Waals surface area contributed by atoms with Crippen molar-refractivity contribution in [3.05, 3.63) is 108 Å². The van der Waals surface area contributed by atoms with Crippen LogP contribution in [0.3, 0.4) is 0 Å². The summed E-state index contributed by atoms with van der Waals surface area (Å²) in [5, 5.41) is 34.5. The van der Waals surface area contributed by atoms with Gasteiger partial charge >= 0.3 is 11.9 Å². The van der Waals surface area contributed by atoms with Crippen molar-refractivity contribution in [1.82, 2.24) is 31.9 Å². The van der Waals surface area contributed by atoms with Crippen molar-refractivity contribution in [2.45, 2.75) is 88.6 Å². The van der Waals surface area contributed by atoms with Gasteiger partial charge in [0, 0.05) is 12.8 Å². The van der Waals surface area contributed by atoms with E-state index in [2.05, 4.69) is 31.9 Å². The Hall–Kier alpha value is -6.27. The van der Waals surface area contributed by atoms with Crippen LogP contribution >= 0.6 is 11.8 Å². The lowest BCUT2D eigenvalue weighted by Gasteiger charge is -2.28. The summed E-state index contributed by atoms with van der Waals surface area (Å²) in [7, 11) is 0. The molecule has 0 aliphatic heterocycles. The molecule has 18 heteroatoms. The van der Waals surface area contributed by atoms with Gasteiger partial charge in [-0.1, -0.05) is 111 Å². The Morgan fingerprint density at radius 3 is 1.53 bits per heavy atom. The molecule has 3 rings (SSSR count). The molecule has 0 saturated carbocycles. The van der Waals surface area contributed by atoms with Crippen molar-refractivity contribution < 1.29 is 48.6 Å². The Bertz CT molecular complexity index is 1960. The van der Waals surface area contributed by atoms with Crippen molar-refractivity contribution in [3.63, 3.8) is 0 Å². The first-order valence-corrected chi connectivity index (χ1v) is 21.6. The minimum atomic E-state index is -1.71. The van der Waals surface area contributed by atoms with E-state index >= 15 is 0 Å². The van der Waals surface area contributed by atoms with E-state index in [4.69, 9.17) is 5.73 Å². The SMILES string of the molecule is CC[C@H](C)[C@H](NC(=O)[C@@H](N)Cc1ccccc1)C(=O)N[C@@H](CC(=O)O)C(=O)N[C@@H](Cc1ccccc1)C(=O)N[C@@H](Cc1ccccc1)C(=O)NCC(=O)N[C@@H](CCSC)C(=O)O. The van der Waals surface area contributed by atoms with Crippen LogP contribution in [0.4, 0.5) is 0 Å². The average Bonchev–Trinajstić information content (AvgIpc) is 3.25. The molecule has 0 bridgehead atoms. The summed E-state index contributed by atoms with van der Waals surface area (Å²) in [6.07, 6.45) is 1.51. The smallest absolute Gasteiger partial charge is 0.326 e. The third-order valence-corrected chi connectivity index (χ3v) is 10.6. The van der Waals surface area contributed by atoms with Gasteiger partial charge in [-0.15, -0.1) is 0 Å². The van der Waals surface area contributed by atoms with Crippen molar-refractivity contribution in [3.8, 4) is 0 Å². The quantitative estimate of drug-likeness (QED) is 0.0546. The number of benzene rings is 3. The van der Waals surface area contributed by atoms with E-state index in [-0.39, 0.29) is 25.7 Å². The van der Waals surface area contributed by atoms with Gasteiger partial charge in [0.2, 0.25) is 35.4 Å². The van der Waals surface area contributed by atoms with Crippen LogP contribution in [0.2, 0.25) is 0 Å². The fourth-order valence-electron chi connectivity index (χ4n) is 6.26. The number of carbonyl (C=O) groups is 8. The molecule has 7 atom stereocenters. The summed E-state index contributed by atoms with van der Waals surface area (Å²) in [6.45, 7) is 2.90. The van der Waals surface area contributed by atoms with Crippen LogP contribution < -0.4 is 37.6 Å². The second-order valence-corrected chi connectivity index (χ2v) is 15.8. The van der Waals surface area contributed by atoms with Crippen LogP contribution in [0.15, 0.2) is 91.0 Å². The molecule has 0 aliphatic rings. The summed E-state index contributed by atoms with van der Waals surface area (Å²) in [6, 6.07) is 18.4. The van der Waals surface area contributed by atoms with E-state index in [1.807, 2.05) is 6.07 Å². The standard InChI is InChI=1S/C44H57N7O10S/c1-4-27(2)38(51-39(55)31(45)22-28-14-8-5-9-15-28)43(59)50-35(25-37(53)54)42(58)49-34(24-30-18-12-7-13-19-30)41(57)48-33(23-29-16-10-6-11-17-29)40(56)46-26-36(52)47-32(44(60)61)20-21-62-3/h5-19,27,31-35,38H,4,20-26,45H2,1-3H3,(H,46,56)(H,47,52)(H,48,57)(H,49,58)(H,50,59)(H,51,55)(H,53,54)(H,60,61)/t27-,31-,32-,33-,34-,35-,38-/m0/s1. The number of rotatable bonds is 26. The number of aliphatic carboxylic acids is 2. The molecule has 0 saturated heterocycles. The molecule has 17 nitrogen and oxygen atoms in total. The number of nitrogens with one attached hydrogen (secondary N) is 6. The molecule has 10 N–H and O–H groups in total. The molecule has 0 heterocycles. The van der Waals surface area contributed by atoms with E-state index in [1.54, 1.807) is 105 Å². The lowest BCUT2D eigenvalue weighted by Crippen LogP contribution is -2.60. The zero-order valence-corrected chi connectivity index (χ0v) is 35.8. The maximum Gasteiger partial charge on any atom is 0.326 e. The zero-order valence-electron chi connectivity index (χ0n) is 35.0. The topological polar surface area (TPSA) is 275 Å². The number of carbonyl (C=O) groups excluding carboxylic acids is 6. The number of hydrogen-bond acceptors (Lipinski definition) is 10. The van der Waals surface area contributed by atoms with Gasteiger partial charge in [0.25, 0.3) is 0 Å². The molecular weight excluding hydrogens is 819 g/mol. The average molecular weight is 876 g/mol. The van der Waals surface area contributed by atoms with Crippen molar-refractivity contribution in [2.24, 2.45) is 11.7 Å². The number of amides is 6. The molecule has 0 spiro atoms. The van der Waals surface area contributed by atoms with Crippen LogP contribution in [0.5, 0.6) is 0 Å². The van der Waals surface area contributed by atoms with E-state index in [9.17, 15) is 48.6 Å². The predicted octanol–water partition coefficient (Wildman–Crippen LogP) is 0.941. The molecule has 334 valence electrons. The summed E-state index contributed by atoms with van der Waals surface area (Å²) in [5.41, 5.74) is 8.21. The van der Waals surface area contributed by atoms with Crippen molar-refractivity contribution in [1.29, 1.82) is 0 Å². The maximum atomic E-state index is 14.2. The Labute approximate surface area is 365 Å². The Morgan fingerprint density at radius 1 is 0.597 bits per heavy atom. The summed E-state index contributed by atoms with van der Waals surface area (Å²) >= 11 is 1.41. The van der Waals surface area contributed by atoms with Gasteiger partial charge in [0.1, 0.15) is 30.2 Å². The molecular formula is C44H57N7O10S. The van der Waals surface area contributed by atoms with Crippen LogP contribution in [0.1, 0.15) is 49.8 Å². The molecule has 3 aromatic carbocycles. The fraction of sp³-hybridized carbons (Fsp3) is 0.409. The molecule has 3 aromatic rings. The number of thioether (sulfide) groups is 1. The number of hydrogen-bond donors (Lipinski definition) is 9. The van der Waals surface area contributed by atoms with E-state index < -0.39 is 103 Å². The molecule has 6 amide bonds. The molecule has 0 aliphatic carbocycles. The van der Waals surface area contributed by atoms with E-state index in [0.29, 0.717) is 23.3 Å². The highest BCUT2D eigenvalue weighted by atomic mass is 32.2. The van der Waals surface area contributed by atoms with Crippen LogP contribution in [0, 0.1) is 5.92 Å². The summed E-state index contributed by atoms with van der Waals surface area (Å²) in [5.74, 6) is -7.54. The van der Waals surface area contributed by atoms with Crippen LogP contribution in [-0.4, -0.2) is 112 Å². The van der Waals surface area contributed by atoms with Crippen LogP contribution in [-0.2, 0) is 57.6 Å². The Morgan fingerprint density at radius 2 is 1.06 bits per heavy atom. The Kier molecular flexibility index (Phi) is 21.1. The molecule has 0 fully saturated rings. The predicted molar refractivity (Wildman–Crippen MR) is 233 cm³/mol. The normalized spacial score (nSPS) is 14.3. The second kappa shape index (κ2) is 26.2. The van der Waals surface area contributed by atoms with E-state index in [0.717, 1.165) is 5.56 Å². The fourth-order valence-corrected chi connectivity index (χ4v) is 6.73. The Balaban J connectivity index is 1.84. The largest absolute Gasteiger partial charge is 0.481 e. The second-order valence-electron chi connectivity index (χ2n) is 14.8. The molecule has 0 aromatic heterocycles. The highest BCUT2D eigenvalue weighted by Crippen LogP contribution is 2.12. The maximum absolute atomic E-state index is 14.2. The highest BCUT2D eigenvalue weighted by molar-refractivity contribution is 7.98. The third-order valence-electron chi connectivity index (χ3n) is 9.94. The number of carboxylic acids is 2. The molecule has 62 heavy (non-hydrogen) atoms. The van der Waals surface area contributed by atoms with Gasteiger partial charge in [-0.2, -0.15) is 11.8 Å².